The smallest absolute Gasteiger partial charge is 0.161 e. The van der Waals surface area contributed by atoms with Gasteiger partial charge in [0, 0.05) is 51.7 Å². The van der Waals surface area contributed by atoms with E-state index < -0.39 is 0 Å². The van der Waals surface area contributed by atoms with Gasteiger partial charge in [-0.1, -0.05) is 18.2 Å². The van der Waals surface area contributed by atoms with Gasteiger partial charge in [-0.25, -0.2) is 4.39 Å². The lowest BCUT2D eigenvalue weighted by Gasteiger charge is -2.34. The van der Waals surface area contributed by atoms with Gasteiger partial charge >= 0.3 is 0 Å². The van der Waals surface area contributed by atoms with E-state index in [-0.39, 0.29) is 5.82 Å². The van der Waals surface area contributed by atoms with E-state index in [9.17, 15) is 4.39 Å². The summed E-state index contributed by atoms with van der Waals surface area (Å²) in [4.78, 5) is 9.04. The molecule has 5 nitrogen and oxygen atoms in total. The van der Waals surface area contributed by atoms with Gasteiger partial charge in [0.2, 0.25) is 0 Å². The Balaban J connectivity index is 1.29. The van der Waals surface area contributed by atoms with Crippen molar-refractivity contribution in [3.05, 3.63) is 89.5 Å². The van der Waals surface area contributed by atoms with E-state index in [4.69, 9.17) is 9.47 Å². The fourth-order valence-electron chi connectivity index (χ4n) is 3.78. The van der Waals surface area contributed by atoms with Crippen molar-refractivity contribution >= 4 is 0 Å². The molecule has 2 aromatic carbocycles. The summed E-state index contributed by atoms with van der Waals surface area (Å²) in [5, 5.41) is 0. The standard InChI is InChI=1S/C25H28FN3O2/c1-30-25-16-22(4-7-24(25)31-19-21-2-5-23(26)6-3-21)18-29-14-12-28(13-15-29)17-20-8-10-27-11-9-20/h2-11,16H,12-15,17-19H2,1H3. The minimum Gasteiger partial charge on any atom is -0.493 e. The summed E-state index contributed by atoms with van der Waals surface area (Å²) in [5.74, 6) is 1.16. The second-order valence-electron chi connectivity index (χ2n) is 7.81. The maximum absolute atomic E-state index is 13.1. The predicted molar refractivity (Wildman–Crippen MR) is 119 cm³/mol. The van der Waals surface area contributed by atoms with Crippen LogP contribution in [0.2, 0.25) is 0 Å². The van der Waals surface area contributed by atoms with Crippen molar-refractivity contribution in [3.8, 4) is 11.5 Å². The van der Waals surface area contributed by atoms with Gasteiger partial charge in [-0.15, -0.1) is 0 Å². The first kappa shape index (κ1) is 21.3. The maximum atomic E-state index is 13.1. The van der Waals surface area contributed by atoms with Gasteiger partial charge in [0.25, 0.3) is 0 Å². The summed E-state index contributed by atoms with van der Waals surface area (Å²) in [6.45, 7) is 6.42. The fourth-order valence-corrected chi connectivity index (χ4v) is 3.78. The van der Waals surface area contributed by atoms with Crippen LogP contribution >= 0.6 is 0 Å². The van der Waals surface area contributed by atoms with E-state index in [1.165, 1.54) is 23.3 Å². The van der Waals surface area contributed by atoms with E-state index in [1.54, 1.807) is 19.2 Å². The van der Waals surface area contributed by atoms with Crippen molar-refractivity contribution in [2.75, 3.05) is 33.3 Å². The summed E-state index contributed by atoms with van der Waals surface area (Å²) in [5.41, 5.74) is 3.43. The van der Waals surface area contributed by atoms with Crippen LogP contribution in [-0.2, 0) is 19.7 Å². The van der Waals surface area contributed by atoms with Crippen LogP contribution in [0.25, 0.3) is 0 Å². The number of hydrogen-bond acceptors (Lipinski definition) is 5. The maximum Gasteiger partial charge on any atom is 0.161 e. The van der Waals surface area contributed by atoms with Gasteiger partial charge in [-0.2, -0.15) is 0 Å². The Morgan fingerprint density at radius 3 is 2.03 bits per heavy atom. The molecule has 0 radical (unpaired) electrons. The van der Waals surface area contributed by atoms with Crippen molar-refractivity contribution in [1.82, 2.24) is 14.8 Å². The van der Waals surface area contributed by atoms with E-state index in [2.05, 4.69) is 33.0 Å². The minimum absolute atomic E-state index is 0.246. The van der Waals surface area contributed by atoms with E-state index in [0.29, 0.717) is 12.4 Å². The summed E-state index contributed by atoms with van der Waals surface area (Å²) in [7, 11) is 1.65. The molecular weight excluding hydrogens is 393 g/mol. The predicted octanol–water partition coefficient (Wildman–Crippen LogP) is 4.13. The second-order valence-corrected chi connectivity index (χ2v) is 7.81. The molecule has 1 aliphatic rings. The van der Waals surface area contributed by atoms with Crippen molar-refractivity contribution < 1.29 is 13.9 Å². The van der Waals surface area contributed by atoms with Crippen LogP contribution in [-0.4, -0.2) is 48.1 Å². The monoisotopic (exact) mass is 421 g/mol. The number of pyridine rings is 1. The lowest BCUT2D eigenvalue weighted by atomic mass is 10.1. The number of nitrogens with zero attached hydrogens (tertiary/aromatic N) is 3. The van der Waals surface area contributed by atoms with E-state index in [0.717, 1.165) is 50.6 Å². The first-order valence-corrected chi connectivity index (χ1v) is 10.6. The van der Waals surface area contributed by atoms with Crippen molar-refractivity contribution in [3.63, 3.8) is 0 Å². The van der Waals surface area contributed by atoms with Crippen LogP contribution in [0.4, 0.5) is 4.39 Å². The number of rotatable bonds is 8. The number of methoxy groups -OCH3 is 1. The minimum atomic E-state index is -0.246. The highest BCUT2D eigenvalue weighted by Gasteiger charge is 2.18. The Kier molecular flexibility index (Phi) is 7.12. The van der Waals surface area contributed by atoms with Crippen LogP contribution < -0.4 is 9.47 Å². The highest BCUT2D eigenvalue weighted by atomic mass is 19.1. The Bertz CT molecular complexity index is 958. The van der Waals surface area contributed by atoms with Gasteiger partial charge in [0.15, 0.2) is 11.5 Å². The zero-order valence-corrected chi connectivity index (χ0v) is 17.8. The number of aromatic nitrogens is 1. The van der Waals surface area contributed by atoms with Crippen LogP contribution in [0.3, 0.4) is 0 Å². The molecule has 0 N–H and O–H groups in total. The quantitative estimate of drug-likeness (QED) is 0.547. The zero-order valence-electron chi connectivity index (χ0n) is 17.8. The third kappa shape index (κ3) is 6.03. The van der Waals surface area contributed by atoms with Crippen molar-refractivity contribution in [2.45, 2.75) is 19.7 Å². The van der Waals surface area contributed by atoms with E-state index in [1.807, 2.05) is 24.5 Å². The molecule has 6 heteroatoms. The van der Waals surface area contributed by atoms with Crippen LogP contribution in [0, 0.1) is 5.82 Å². The molecule has 0 saturated carbocycles. The Labute approximate surface area is 183 Å². The zero-order chi connectivity index (χ0) is 21.5. The van der Waals surface area contributed by atoms with Crippen LogP contribution in [0.1, 0.15) is 16.7 Å². The Morgan fingerprint density at radius 2 is 1.39 bits per heavy atom. The van der Waals surface area contributed by atoms with Gasteiger partial charge < -0.3 is 9.47 Å². The Morgan fingerprint density at radius 1 is 0.774 bits per heavy atom. The molecule has 0 unspecified atom stereocenters. The fraction of sp³-hybridized carbons (Fsp3) is 0.320. The molecule has 31 heavy (non-hydrogen) atoms. The summed E-state index contributed by atoms with van der Waals surface area (Å²) >= 11 is 0. The lowest BCUT2D eigenvalue weighted by molar-refractivity contribution is 0.122. The summed E-state index contributed by atoms with van der Waals surface area (Å²) in [6.07, 6.45) is 3.71. The third-order valence-electron chi connectivity index (χ3n) is 5.56. The lowest BCUT2D eigenvalue weighted by Crippen LogP contribution is -2.45. The van der Waals surface area contributed by atoms with Crippen molar-refractivity contribution in [1.29, 1.82) is 0 Å². The number of ether oxygens (including phenoxy) is 2. The van der Waals surface area contributed by atoms with Crippen LogP contribution in [0.15, 0.2) is 67.0 Å². The SMILES string of the molecule is COc1cc(CN2CCN(Cc3ccncc3)CC2)ccc1OCc1ccc(F)cc1. The molecule has 1 fully saturated rings. The molecule has 0 spiro atoms. The normalized spacial score (nSPS) is 15.0. The molecule has 162 valence electrons. The molecule has 1 aliphatic heterocycles. The topological polar surface area (TPSA) is 37.8 Å². The van der Waals surface area contributed by atoms with E-state index >= 15 is 0 Å². The molecular formula is C25H28FN3O2. The van der Waals surface area contributed by atoms with Crippen LogP contribution in [0.5, 0.6) is 11.5 Å². The molecule has 0 amide bonds. The molecule has 4 rings (SSSR count). The number of piperazine rings is 1. The third-order valence-corrected chi connectivity index (χ3v) is 5.56. The molecule has 0 atom stereocenters. The van der Waals surface area contributed by atoms with Gasteiger partial charge in [-0.05, 0) is 53.1 Å². The first-order chi connectivity index (χ1) is 15.2. The van der Waals surface area contributed by atoms with Gasteiger partial charge in [0.05, 0.1) is 7.11 Å². The highest BCUT2D eigenvalue weighted by molar-refractivity contribution is 5.43. The summed E-state index contributed by atoms with van der Waals surface area (Å²) in [6, 6.07) is 16.6. The number of benzene rings is 2. The van der Waals surface area contributed by atoms with Gasteiger partial charge in [-0.3, -0.25) is 14.8 Å². The van der Waals surface area contributed by atoms with Gasteiger partial charge in [0.1, 0.15) is 12.4 Å². The average Bonchev–Trinajstić information content (AvgIpc) is 2.81. The first-order valence-electron chi connectivity index (χ1n) is 10.6. The largest absolute Gasteiger partial charge is 0.493 e. The number of halogens is 1. The second kappa shape index (κ2) is 10.4. The molecule has 0 bridgehead atoms. The average molecular weight is 422 g/mol. The highest BCUT2D eigenvalue weighted by Crippen LogP contribution is 2.29. The molecule has 0 aliphatic carbocycles. The molecule has 1 saturated heterocycles. The summed E-state index contributed by atoms with van der Waals surface area (Å²) < 4.78 is 24.5. The number of hydrogen-bond donors (Lipinski definition) is 0. The molecule has 2 heterocycles. The molecule has 1 aromatic heterocycles. The van der Waals surface area contributed by atoms with Crippen molar-refractivity contribution in [2.24, 2.45) is 0 Å². The molecule has 3 aromatic rings. The Hall–Kier alpha value is -2.96.